The van der Waals surface area contributed by atoms with Gasteiger partial charge in [0.25, 0.3) is 0 Å². The monoisotopic (exact) mass is 284 g/mol. The van der Waals surface area contributed by atoms with Crippen LogP contribution in [0, 0.1) is 6.92 Å². The molecule has 17 heavy (non-hydrogen) atoms. The van der Waals surface area contributed by atoms with Crippen LogP contribution in [0.5, 0.6) is 0 Å². The average Bonchev–Trinajstić information content (AvgIpc) is 3.05. The van der Waals surface area contributed by atoms with Gasteiger partial charge in [0.15, 0.2) is 0 Å². The van der Waals surface area contributed by atoms with Gasteiger partial charge in [-0.15, -0.1) is 11.3 Å². The number of rotatable bonds is 2. The Morgan fingerprint density at radius 1 is 1.24 bits per heavy atom. The molecular weight excluding hydrogens is 275 g/mol. The van der Waals surface area contributed by atoms with Gasteiger partial charge in [-0.05, 0) is 31.9 Å². The fraction of sp³-hybridized carbons (Fsp3) is 0.333. The molecule has 1 aliphatic carbocycles. The van der Waals surface area contributed by atoms with Gasteiger partial charge in [-0.25, -0.2) is 9.97 Å². The highest BCUT2D eigenvalue weighted by Crippen LogP contribution is 2.41. The van der Waals surface area contributed by atoms with Crippen LogP contribution < -0.4 is 0 Å². The first-order chi connectivity index (χ1) is 8.15. The number of hydrogen-bond acceptors (Lipinski definition) is 3. The van der Waals surface area contributed by atoms with E-state index < -0.39 is 0 Å². The van der Waals surface area contributed by atoms with Crippen LogP contribution >= 0.6 is 34.5 Å². The molecule has 2 heterocycles. The molecule has 0 atom stereocenters. The molecule has 1 aliphatic rings. The zero-order valence-corrected chi connectivity index (χ0v) is 11.5. The number of nitrogens with zero attached hydrogens (tertiary/aromatic N) is 2. The molecular formula is C12H10Cl2N2S. The molecule has 1 saturated carbocycles. The molecule has 2 nitrogen and oxygen atoms in total. The zero-order chi connectivity index (χ0) is 12.0. The normalized spacial score (nSPS) is 15.2. The Bertz CT molecular complexity index is 576. The molecule has 88 valence electrons. The summed E-state index contributed by atoms with van der Waals surface area (Å²) in [6.07, 6.45) is 2.34. The minimum Gasteiger partial charge on any atom is -0.231 e. The fourth-order valence-electron chi connectivity index (χ4n) is 1.71. The first kappa shape index (κ1) is 11.5. The Morgan fingerprint density at radius 2 is 2.00 bits per heavy atom. The third-order valence-corrected chi connectivity index (χ3v) is 4.46. The smallest absolute Gasteiger partial charge is 0.136 e. The van der Waals surface area contributed by atoms with Crippen LogP contribution in [-0.4, -0.2) is 9.97 Å². The van der Waals surface area contributed by atoms with Crippen LogP contribution in [0.4, 0.5) is 0 Å². The number of thiophene rings is 1. The highest BCUT2D eigenvalue weighted by molar-refractivity contribution is 7.19. The van der Waals surface area contributed by atoms with Crippen molar-refractivity contribution in [3.8, 4) is 10.6 Å². The third kappa shape index (κ3) is 2.19. The summed E-state index contributed by atoms with van der Waals surface area (Å²) in [7, 11) is 0. The van der Waals surface area contributed by atoms with Crippen LogP contribution in [0.25, 0.3) is 10.6 Å². The van der Waals surface area contributed by atoms with Crippen molar-refractivity contribution in [1.82, 2.24) is 9.97 Å². The third-order valence-electron chi connectivity index (χ3n) is 2.85. The van der Waals surface area contributed by atoms with E-state index in [1.54, 1.807) is 0 Å². The number of hydrogen-bond donors (Lipinski definition) is 0. The molecule has 0 spiro atoms. The summed E-state index contributed by atoms with van der Waals surface area (Å²) in [5, 5.41) is 0.557. The van der Waals surface area contributed by atoms with E-state index in [0.29, 0.717) is 11.1 Å². The van der Waals surface area contributed by atoms with Crippen molar-refractivity contribution < 1.29 is 0 Å². The standard InChI is InChI=1S/C12H10Cl2N2S/c1-6-10(8-4-5-9(13)17-8)15-12(7-2-3-7)16-11(6)14/h4-5,7H,2-3H2,1H3. The van der Waals surface area contributed by atoms with Crippen molar-refractivity contribution in [2.75, 3.05) is 0 Å². The highest BCUT2D eigenvalue weighted by Gasteiger charge is 2.28. The Labute approximate surface area is 114 Å². The summed E-state index contributed by atoms with van der Waals surface area (Å²) in [6, 6.07) is 3.86. The molecule has 0 bridgehead atoms. The predicted octanol–water partition coefficient (Wildman–Crippen LogP) is 4.70. The van der Waals surface area contributed by atoms with E-state index in [1.807, 2.05) is 19.1 Å². The molecule has 1 fully saturated rings. The average molecular weight is 285 g/mol. The van der Waals surface area contributed by atoms with Crippen molar-refractivity contribution in [3.05, 3.63) is 33.0 Å². The van der Waals surface area contributed by atoms with E-state index in [0.717, 1.165) is 26.3 Å². The molecule has 0 N–H and O–H groups in total. The van der Waals surface area contributed by atoms with Gasteiger partial charge >= 0.3 is 0 Å². The fourth-order valence-corrected chi connectivity index (χ4v) is 2.98. The summed E-state index contributed by atoms with van der Waals surface area (Å²) in [4.78, 5) is 10.0. The summed E-state index contributed by atoms with van der Waals surface area (Å²) in [5.41, 5.74) is 1.85. The maximum atomic E-state index is 6.17. The Morgan fingerprint density at radius 3 is 2.59 bits per heavy atom. The molecule has 0 aliphatic heterocycles. The van der Waals surface area contributed by atoms with Gasteiger partial charge in [0.2, 0.25) is 0 Å². The van der Waals surface area contributed by atoms with Crippen molar-refractivity contribution in [2.24, 2.45) is 0 Å². The summed E-state index contributed by atoms with van der Waals surface area (Å²) in [5.74, 6) is 1.38. The molecule has 0 amide bonds. The van der Waals surface area contributed by atoms with E-state index in [2.05, 4.69) is 9.97 Å². The van der Waals surface area contributed by atoms with Gasteiger partial charge in [0.1, 0.15) is 11.0 Å². The maximum Gasteiger partial charge on any atom is 0.136 e. The van der Waals surface area contributed by atoms with E-state index in [9.17, 15) is 0 Å². The van der Waals surface area contributed by atoms with Crippen LogP contribution in [-0.2, 0) is 0 Å². The summed E-state index contributed by atoms with van der Waals surface area (Å²) >= 11 is 13.6. The Hall–Kier alpha value is -0.640. The second kappa shape index (κ2) is 4.23. The topological polar surface area (TPSA) is 25.8 Å². The van der Waals surface area contributed by atoms with Crippen LogP contribution in [0.2, 0.25) is 9.49 Å². The van der Waals surface area contributed by atoms with E-state index in [4.69, 9.17) is 23.2 Å². The zero-order valence-electron chi connectivity index (χ0n) is 9.20. The quantitative estimate of drug-likeness (QED) is 0.747. The number of aromatic nitrogens is 2. The van der Waals surface area contributed by atoms with Gasteiger partial charge in [-0.3, -0.25) is 0 Å². The Kier molecular flexibility index (Phi) is 2.85. The molecule has 0 aromatic carbocycles. The van der Waals surface area contributed by atoms with Crippen molar-refractivity contribution in [2.45, 2.75) is 25.7 Å². The van der Waals surface area contributed by atoms with Gasteiger partial charge in [-0.2, -0.15) is 0 Å². The first-order valence-electron chi connectivity index (χ1n) is 5.45. The Balaban J connectivity index is 2.13. The van der Waals surface area contributed by atoms with Crippen molar-refractivity contribution >= 4 is 34.5 Å². The lowest BCUT2D eigenvalue weighted by Crippen LogP contribution is -1.98. The van der Waals surface area contributed by atoms with E-state index >= 15 is 0 Å². The molecule has 5 heteroatoms. The molecule has 3 rings (SSSR count). The van der Waals surface area contributed by atoms with E-state index in [1.165, 1.54) is 24.2 Å². The molecule has 0 unspecified atom stereocenters. The minimum atomic E-state index is 0.502. The molecule has 2 aromatic heterocycles. The lowest BCUT2D eigenvalue weighted by atomic mass is 10.2. The highest BCUT2D eigenvalue weighted by atomic mass is 35.5. The number of halogens is 2. The first-order valence-corrected chi connectivity index (χ1v) is 7.02. The second-order valence-corrected chi connectivity index (χ2v) is 6.30. The molecule has 0 radical (unpaired) electrons. The van der Waals surface area contributed by atoms with Crippen LogP contribution in [0.3, 0.4) is 0 Å². The summed E-state index contributed by atoms with van der Waals surface area (Å²) < 4.78 is 0.766. The SMILES string of the molecule is Cc1c(Cl)nc(C2CC2)nc1-c1ccc(Cl)s1. The maximum absolute atomic E-state index is 6.17. The van der Waals surface area contributed by atoms with Crippen molar-refractivity contribution in [1.29, 1.82) is 0 Å². The predicted molar refractivity (Wildman–Crippen MR) is 72.1 cm³/mol. The van der Waals surface area contributed by atoms with Gasteiger partial charge in [0.05, 0.1) is 14.9 Å². The van der Waals surface area contributed by atoms with Gasteiger partial charge in [0, 0.05) is 11.5 Å². The van der Waals surface area contributed by atoms with E-state index in [-0.39, 0.29) is 0 Å². The van der Waals surface area contributed by atoms with Crippen LogP contribution in [0.1, 0.15) is 30.1 Å². The molecule has 2 aromatic rings. The van der Waals surface area contributed by atoms with Crippen molar-refractivity contribution in [3.63, 3.8) is 0 Å². The lowest BCUT2D eigenvalue weighted by Gasteiger charge is -2.07. The molecule has 0 saturated heterocycles. The van der Waals surface area contributed by atoms with Gasteiger partial charge in [-0.1, -0.05) is 23.2 Å². The largest absolute Gasteiger partial charge is 0.231 e. The second-order valence-electron chi connectivity index (χ2n) is 4.22. The van der Waals surface area contributed by atoms with Crippen LogP contribution in [0.15, 0.2) is 12.1 Å². The minimum absolute atomic E-state index is 0.502. The summed E-state index contributed by atoms with van der Waals surface area (Å²) in [6.45, 7) is 1.95. The lowest BCUT2D eigenvalue weighted by molar-refractivity contribution is 0.923. The van der Waals surface area contributed by atoms with Gasteiger partial charge < -0.3 is 0 Å².